The number of ether oxygens (including phenoxy) is 3. The molecule has 2 aromatic carbocycles. The molecule has 0 aliphatic rings. The molecule has 10 nitrogen and oxygen atoms in total. The number of nitrogens with zero attached hydrogens (tertiary/aromatic N) is 3. The van der Waals surface area contributed by atoms with Gasteiger partial charge in [-0.3, -0.25) is 4.79 Å². The van der Waals surface area contributed by atoms with Gasteiger partial charge in [0.15, 0.2) is 6.29 Å². The van der Waals surface area contributed by atoms with Crippen LogP contribution in [0.4, 0.5) is 0 Å². The Morgan fingerprint density at radius 1 is 1.00 bits per heavy atom. The second-order valence-corrected chi connectivity index (χ2v) is 6.73. The minimum Gasteiger partial charge on any atom is -0.465 e. The highest BCUT2D eigenvalue weighted by Gasteiger charge is 2.05. The van der Waals surface area contributed by atoms with Crippen LogP contribution < -0.4 is 5.43 Å². The third-order valence-corrected chi connectivity index (χ3v) is 4.16. The van der Waals surface area contributed by atoms with Crippen LogP contribution in [-0.2, 0) is 19.0 Å². The van der Waals surface area contributed by atoms with Gasteiger partial charge in [-0.2, -0.15) is 15.3 Å². The Hall–Kier alpha value is -3.73. The van der Waals surface area contributed by atoms with E-state index in [1.165, 1.54) is 26.6 Å². The van der Waals surface area contributed by atoms with Crippen LogP contribution >= 0.6 is 0 Å². The first kappa shape index (κ1) is 25.5. The summed E-state index contributed by atoms with van der Waals surface area (Å²) in [5.74, 6) is -0.823. The van der Waals surface area contributed by atoms with Crippen molar-refractivity contribution in [3.05, 3.63) is 70.8 Å². The Bertz CT molecular complexity index is 1000. The van der Waals surface area contributed by atoms with Crippen molar-refractivity contribution in [2.45, 2.75) is 13.2 Å². The number of methoxy groups -OCH3 is 2. The van der Waals surface area contributed by atoms with Crippen LogP contribution in [0.5, 0.6) is 0 Å². The van der Waals surface area contributed by atoms with Crippen LogP contribution in [0.2, 0.25) is 0 Å². The minimum atomic E-state index is -0.981. The number of amides is 1. The zero-order valence-electron chi connectivity index (χ0n) is 18.6. The van der Waals surface area contributed by atoms with E-state index in [-0.39, 0.29) is 13.2 Å². The molecule has 1 amide bonds. The summed E-state index contributed by atoms with van der Waals surface area (Å²) in [4.78, 5) is 23.2. The number of aliphatic hydroxyl groups is 1. The second-order valence-electron chi connectivity index (χ2n) is 6.73. The number of nitrogens with one attached hydrogen (secondary N) is 1. The lowest BCUT2D eigenvalue weighted by Gasteiger charge is -2.08. The first-order valence-electron chi connectivity index (χ1n) is 9.88. The second kappa shape index (κ2) is 13.6. The summed E-state index contributed by atoms with van der Waals surface area (Å²) in [6.07, 6.45) is 2.03. The Morgan fingerprint density at radius 3 is 2.27 bits per heavy atom. The van der Waals surface area contributed by atoms with Crippen LogP contribution in [0.3, 0.4) is 0 Å². The molecule has 0 heterocycles. The topological polar surface area (TPSA) is 131 Å². The van der Waals surface area contributed by atoms with E-state index in [0.717, 1.165) is 11.1 Å². The number of carbonyl (C=O) groups is 2. The molecule has 2 aromatic rings. The van der Waals surface area contributed by atoms with Crippen molar-refractivity contribution < 1.29 is 28.9 Å². The largest absolute Gasteiger partial charge is 0.465 e. The van der Waals surface area contributed by atoms with Gasteiger partial charge >= 0.3 is 5.97 Å². The maximum atomic E-state index is 11.8. The van der Waals surface area contributed by atoms with Gasteiger partial charge in [0.25, 0.3) is 5.91 Å². The van der Waals surface area contributed by atoms with Crippen LogP contribution in [0, 0.1) is 0 Å². The van der Waals surface area contributed by atoms with Crippen molar-refractivity contribution in [1.82, 2.24) is 5.43 Å². The molecule has 174 valence electrons. The number of hydrogen-bond donors (Lipinski definition) is 2. The van der Waals surface area contributed by atoms with E-state index in [4.69, 9.17) is 9.47 Å². The van der Waals surface area contributed by atoms with Crippen LogP contribution in [0.1, 0.15) is 40.3 Å². The third kappa shape index (κ3) is 9.11. The lowest BCUT2D eigenvalue weighted by molar-refractivity contribution is -0.125. The number of rotatable bonds is 11. The molecule has 0 saturated carbocycles. The van der Waals surface area contributed by atoms with E-state index >= 15 is 0 Å². The summed E-state index contributed by atoms with van der Waals surface area (Å²) in [7, 11) is 2.73. The van der Waals surface area contributed by atoms with E-state index in [1.807, 2.05) is 0 Å². The van der Waals surface area contributed by atoms with Crippen molar-refractivity contribution in [3.63, 3.8) is 0 Å². The quantitative estimate of drug-likeness (QED) is 0.231. The van der Waals surface area contributed by atoms with Crippen LogP contribution in [0.25, 0.3) is 0 Å². The average Bonchev–Trinajstić information content (AvgIpc) is 2.84. The number of hydrazone groups is 1. The molecule has 0 aliphatic carbocycles. The molecule has 33 heavy (non-hydrogen) atoms. The van der Waals surface area contributed by atoms with Gasteiger partial charge in [0, 0.05) is 12.7 Å². The molecular formula is C23H26N4O6. The SMILES string of the molecule is COC(=O)c1ccc(/C=N\N=C(\C)COCC(=O)NN=Cc2ccc([C@@H](O)OC)cc2)cc1. The van der Waals surface area contributed by atoms with Crippen molar-refractivity contribution in [1.29, 1.82) is 0 Å². The number of aliphatic hydroxyl groups excluding tert-OH is 1. The number of carbonyl (C=O) groups excluding carboxylic acids is 2. The molecule has 2 N–H and O–H groups in total. The third-order valence-electron chi connectivity index (χ3n) is 4.16. The highest BCUT2D eigenvalue weighted by Crippen LogP contribution is 2.13. The first-order chi connectivity index (χ1) is 15.9. The monoisotopic (exact) mass is 454 g/mol. The van der Waals surface area contributed by atoms with Crippen LogP contribution in [-0.4, -0.2) is 62.6 Å². The van der Waals surface area contributed by atoms with Gasteiger partial charge in [0.1, 0.15) is 6.61 Å². The molecule has 0 saturated heterocycles. The lowest BCUT2D eigenvalue weighted by atomic mass is 10.1. The zero-order valence-corrected chi connectivity index (χ0v) is 18.6. The molecule has 0 aromatic heterocycles. The predicted octanol–water partition coefficient (Wildman–Crippen LogP) is 2.07. The highest BCUT2D eigenvalue weighted by atomic mass is 16.6. The van der Waals surface area contributed by atoms with E-state index in [0.29, 0.717) is 16.8 Å². The molecule has 0 unspecified atom stereocenters. The standard InChI is InChI=1S/C23H26N4O6/c1-16(26-24-12-17-4-8-19(9-5-17)22(29)31-2)14-33-15-21(28)27-25-13-18-6-10-20(11-7-18)23(30)32-3/h4-13,23,30H,14-15H2,1-3H3,(H,27,28)/b24-12-,25-13?,26-16-/t23-/m0/s1. The lowest BCUT2D eigenvalue weighted by Crippen LogP contribution is -2.24. The summed E-state index contributed by atoms with van der Waals surface area (Å²) < 4.78 is 14.8. The van der Waals surface area contributed by atoms with Gasteiger partial charge in [-0.05, 0) is 30.2 Å². The van der Waals surface area contributed by atoms with Gasteiger partial charge in [-0.25, -0.2) is 10.2 Å². The fourth-order valence-corrected chi connectivity index (χ4v) is 2.43. The maximum Gasteiger partial charge on any atom is 0.337 e. The Kier molecular flexibility index (Phi) is 10.5. The van der Waals surface area contributed by atoms with Gasteiger partial charge in [0.05, 0.1) is 37.4 Å². The molecular weight excluding hydrogens is 428 g/mol. The Balaban J connectivity index is 1.70. The average molecular weight is 454 g/mol. The summed E-state index contributed by atoms with van der Waals surface area (Å²) in [6, 6.07) is 13.6. The van der Waals surface area contributed by atoms with Gasteiger partial charge in [0.2, 0.25) is 0 Å². The maximum absolute atomic E-state index is 11.8. The van der Waals surface area contributed by atoms with Gasteiger partial charge in [-0.15, -0.1) is 0 Å². The van der Waals surface area contributed by atoms with Crippen molar-refractivity contribution in [2.75, 3.05) is 27.4 Å². The zero-order chi connectivity index (χ0) is 24.1. The van der Waals surface area contributed by atoms with E-state index < -0.39 is 18.2 Å². The summed E-state index contributed by atoms with van der Waals surface area (Å²) >= 11 is 0. The van der Waals surface area contributed by atoms with E-state index in [9.17, 15) is 14.7 Å². The molecule has 0 radical (unpaired) electrons. The molecule has 0 spiro atoms. The van der Waals surface area contributed by atoms with Crippen molar-refractivity contribution in [3.8, 4) is 0 Å². The minimum absolute atomic E-state index is 0.124. The van der Waals surface area contributed by atoms with E-state index in [1.54, 1.807) is 55.5 Å². The Labute approximate surface area is 191 Å². The summed E-state index contributed by atoms with van der Waals surface area (Å²) in [5.41, 5.74) is 5.51. The predicted molar refractivity (Wildman–Crippen MR) is 123 cm³/mol. The summed E-state index contributed by atoms with van der Waals surface area (Å²) in [5, 5.41) is 21.4. The highest BCUT2D eigenvalue weighted by molar-refractivity contribution is 5.91. The number of benzene rings is 2. The molecule has 0 bridgehead atoms. The van der Waals surface area contributed by atoms with Gasteiger partial charge < -0.3 is 19.3 Å². The normalized spacial score (nSPS) is 12.8. The number of esters is 1. The van der Waals surface area contributed by atoms with Crippen molar-refractivity contribution >= 4 is 30.0 Å². The Morgan fingerprint density at radius 2 is 1.64 bits per heavy atom. The number of hydrogen-bond acceptors (Lipinski definition) is 9. The van der Waals surface area contributed by atoms with Crippen LogP contribution in [0.15, 0.2) is 63.8 Å². The fraction of sp³-hybridized carbons (Fsp3) is 0.261. The molecule has 10 heteroatoms. The van der Waals surface area contributed by atoms with Gasteiger partial charge in [-0.1, -0.05) is 36.4 Å². The first-order valence-corrected chi connectivity index (χ1v) is 9.88. The van der Waals surface area contributed by atoms with E-state index in [2.05, 4.69) is 25.5 Å². The molecule has 2 rings (SSSR count). The molecule has 0 aliphatic heterocycles. The molecule has 1 atom stereocenters. The smallest absolute Gasteiger partial charge is 0.337 e. The fourth-order valence-electron chi connectivity index (χ4n) is 2.43. The van der Waals surface area contributed by atoms with Crippen molar-refractivity contribution in [2.24, 2.45) is 15.3 Å². The molecule has 0 fully saturated rings. The summed E-state index contributed by atoms with van der Waals surface area (Å²) in [6.45, 7) is 1.65.